The van der Waals surface area contributed by atoms with E-state index in [0.717, 1.165) is 106 Å². The summed E-state index contributed by atoms with van der Waals surface area (Å²) < 4.78 is 94.9. The molecule has 0 aromatic heterocycles. The summed E-state index contributed by atoms with van der Waals surface area (Å²) in [7, 11) is 12.5. The lowest BCUT2D eigenvalue weighted by molar-refractivity contribution is -0.133. The van der Waals surface area contributed by atoms with Crippen molar-refractivity contribution in [2.45, 2.75) is 119 Å². The van der Waals surface area contributed by atoms with Crippen LogP contribution in [0, 0.1) is 46.9 Å². The third kappa shape index (κ3) is 26.0. The maximum absolute atomic E-state index is 13.0. The predicted molar refractivity (Wildman–Crippen MR) is 441 cm³/mol. The van der Waals surface area contributed by atoms with Gasteiger partial charge in [0.25, 0.3) is 0 Å². The zero-order valence-electron chi connectivity index (χ0n) is 64.3. The van der Waals surface area contributed by atoms with Gasteiger partial charge in [0, 0.05) is 62.2 Å². The van der Waals surface area contributed by atoms with Crippen molar-refractivity contribution in [3.05, 3.63) is 238 Å². The molecule has 0 aliphatic carbocycles. The topological polar surface area (TPSA) is 196 Å². The van der Waals surface area contributed by atoms with Gasteiger partial charge in [0.2, 0.25) is 11.8 Å². The molecule has 2 amide bonds. The highest BCUT2D eigenvalue weighted by Gasteiger charge is 2.34. The Kier molecular flexibility index (Phi) is 39.5. The lowest BCUT2D eigenvalue weighted by Crippen LogP contribution is -2.41. The molecule has 0 bridgehead atoms. The van der Waals surface area contributed by atoms with E-state index in [4.69, 9.17) is 37.9 Å². The van der Waals surface area contributed by atoms with E-state index in [0.29, 0.717) is 115 Å². The number of carbonyl (C=O) groups excluding carboxylic acids is 4. The van der Waals surface area contributed by atoms with Crippen molar-refractivity contribution in [1.29, 1.82) is 0 Å². The third-order valence-corrected chi connectivity index (χ3v) is 21.2. The van der Waals surface area contributed by atoms with E-state index in [2.05, 4.69) is 9.80 Å². The van der Waals surface area contributed by atoms with Crippen LogP contribution < -0.4 is 37.9 Å². The van der Waals surface area contributed by atoms with Gasteiger partial charge in [0.1, 0.15) is 23.3 Å². The average molecular weight is 1580 g/mol. The molecule has 0 saturated carbocycles. The zero-order chi connectivity index (χ0) is 78.6. The molecule has 0 spiro atoms. The lowest BCUT2D eigenvalue weighted by Gasteiger charge is -2.35. The standard InChI is InChI=1S/C22H26FNO4.C22H24FNO4.C22H28FNO3.C22H26FNO3.4CH4/c2*1-27-19-5-3-4-18(22(19)28-2)21(26)16-10-12-24(13-11-16)20(25)14-15-6-8-17(23)9-7-15;2*1-26-20-5-3-4-19(22(20)27-2)21(25)17-11-14-24(15-12-17)13-10-16-6-8-18(23)9-7-16;;;;/h3-9,16,21,26H,10-14H2,1-2H3;3-9,16H,10-14H2,1-2H3;3-9,17,21,25H,10-15H2,1-2H3;3-9,17H,10-15H2,1-2H3;4*1H4. The van der Waals surface area contributed by atoms with E-state index in [1.807, 2.05) is 71.6 Å². The molecule has 18 nitrogen and oxygen atoms in total. The maximum Gasteiger partial charge on any atom is 0.226 e. The number of methoxy groups -OCH3 is 8. The van der Waals surface area contributed by atoms with Crippen molar-refractivity contribution in [2.75, 3.05) is 122 Å². The highest BCUT2D eigenvalue weighted by molar-refractivity contribution is 6.02. The number of hydrogen-bond acceptors (Lipinski definition) is 16. The second-order valence-corrected chi connectivity index (χ2v) is 27.9. The molecule has 114 heavy (non-hydrogen) atoms. The van der Waals surface area contributed by atoms with Gasteiger partial charge in [-0.2, -0.15) is 0 Å². The summed E-state index contributed by atoms with van der Waals surface area (Å²) in [5.41, 5.74) is 6.48. The monoisotopic (exact) mass is 1580 g/mol. The van der Waals surface area contributed by atoms with E-state index in [1.165, 1.54) is 62.8 Å². The molecule has 4 saturated heterocycles. The van der Waals surface area contributed by atoms with Crippen LogP contribution in [0.2, 0.25) is 0 Å². The summed E-state index contributed by atoms with van der Waals surface area (Å²) in [6, 6.07) is 47.2. The van der Waals surface area contributed by atoms with Gasteiger partial charge in [-0.15, -0.1) is 0 Å². The molecule has 8 aromatic rings. The molecule has 2 unspecified atom stereocenters. The van der Waals surface area contributed by atoms with Gasteiger partial charge < -0.3 is 67.7 Å². The van der Waals surface area contributed by atoms with Gasteiger partial charge in [-0.3, -0.25) is 19.2 Å². The number of ether oxygens (including phenoxy) is 8. The summed E-state index contributed by atoms with van der Waals surface area (Å²) >= 11 is 0. The lowest BCUT2D eigenvalue weighted by atomic mass is 9.86. The molecule has 4 heterocycles. The number of nitrogens with zero attached hydrogens (tertiary/aromatic N) is 4. The first-order chi connectivity index (χ1) is 53.3. The maximum atomic E-state index is 13.0. The van der Waals surface area contributed by atoms with Crippen molar-refractivity contribution in [1.82, 2.24) is 19.6 Å². The number of hydrogen-bond donors (Lipinski definition) is 2. The average Bonchev–Trinajstić information content (AvgIpc) is 0.822. The van der Waals surface area contributed by atoms with Crippen LogP contribution in [0.15, 0.2) is 170 Å². The summed E-state index contributed by atoms with van der Waals surface area (Å²) in [6.07, 6.45) is 7.23. The van der Waals surface area contributed by atoms with E-state index < -0.39 is 12.2 Å². The first kappa shape index (κ1) is 94.6. The molecule has 22 heteroatoms. The Morgan fingerprint density at radius 1 is 0.342 bits per heavy atom. The molecule has 4 fully saturated rings. The molecular weight excluding hydrogens is 1460 g/mol. The minimum absolute atomic E-state index is 0. The number of piperidine rings is 4. The molecule has 2 N–H and O–H groups in total. The number of benzene rings is 8. The highest BCUT2D eigenvalue weighted by Crippen LogP contribution is 2.43. The molecular formula is C92H120F4N4O14. The van der Waals surface area contributed by atoms with Gasteiger partial charge in [-0.25, -0.2) is 17.6 Å². The first-order valence-corrected chi connectivity index (χ1v) is 37.6. The normalized spacial score (nSPS) is 15.2. The first-order valence-electron chi connectivity index (χ1n) is 37.6. The molecule has 0 radical (unpaired) electrons. The number of aliphatic hydroxyl groups is 2. The third-order valence-electron chi connectivity index (χ3n) is 21.2. The number of amides is 2. The second kappa shape index (κ2) is 47.6. The number of ketones is 2. The Bertz CT molecular complexity index is 4220. The smallest absolute Gasteiger partial charge is 0.226 e. The number of halogens is 4. The predicted octanol–water partition coefficient (Wildman–Crippen LogP) is 17.2. The zero-order valence-corrected chi connectivity index (χ0v) is 64.3. The minimum Gasteiger partial charge on any atom is -0.493 e. The summed E-state index contributed by atoms with van der Waals surface area (Å²) in [4.78, 5) is 59.3. The van der Waals surface area contributed by atoms with E-state index in [9.17, 15) is 47.0 Å². The Morgan fingerprint density at radius 2 is 0.605 bits per heavy atom. The molecule has 4 aliphatic rings. The van der Waals surface area contributed by atoms with Crippen molar-refractivity contribution in [3.63, 3.8) is 0 Å². The van der Waals surface area contributed by atoms with Crippen molar-refractivity contribution < 1.29 is 84.8 Å². The highest BCUT2D eigenvalue weighted by atomic mass is 19.1. The minimum atomic E-state index is -0.681. The Morgan fingerprint density at radius 3 is 0.912 bits per heavy atom. The van der Waals surface area contributed by atoms with Gasteiger partial charge >= 0.3 is 0 Å². The Balaban J connectivity index is 0.000000268. The van der Waals surface area contributed by atoms with Crippen LogP contribution in [-0.4, -0.2) is 176 Å². The Labute approximate surface area is 673 Å². The molecule has 12 rings (SSSR count). The van der Waals surface area contributed by atoms with Gasteiger partial charge in [-0.05, 0) is 209 Å². The molecule has 4 aliphatic heterocycles. The molecule has 2 atom stereocenters. The van der Waals surface area contributed by atoms with E-state index in [-0.39, 0.29) is 113 Å². The van der Waals surface area contributed by atoms with Crippen LogP contribution in [0.3, 0.4) is 0 Å². The Hall–Kier alpha value is -10.0. The van der Waals surface area contributed by atoms with Crippen molar-refractivity contribution >= 4 is 23.4 Å². The van der Waals surface area contributed by atoms with Crippen LogP contribution in [0.5, 0.6) is 46.0 Å². The summed E-state index contributed by atoms with van der Waals surface area (Å²) in [5, 5.41) is 21.8. The van der Waals surface area contributed by atoms with E-state index in [1.54, 1.807) is 102 Å². The van der Waals surface area contributed by atoms with Gasteiger partial charge in [0.15, 0.2) is 57.6 Å². The fourth-order valence-electron chi connectivity index (χ4n) is 14.8. The summed E-state index contributed by atoms with van der Waals surface area (Å²) in [5.74, 6) is 3.72. The van der Waals surface area contributed by atoms with Crippen molar-refractivity contribution in [3.8, 4) is 46.0 Å². The number of rotatable bonds is 26. The van der Waals surface area contributed by atoms with Gasteiger partial charge in [-0.1, -0.05) is 115 Å². The second-order valence-electron chi connectivity index (χ2n) is 27.9. The quantitative estimate of drug-likeness (QED) is 0.0383. The fourth-order valence-corrected chi connectivity index (χ4v) is 14.8. The number of aliphatic hydroxyl groups excluding tert-OH is 2. The number of carbonyl (C=O) groups is 4. The molecule has 8 aromatic carbocycles. The SMILES string of the molecule is C.C.C.C.COc1cccc(C(=O)C2CCN(C(=O)Cc3ccc(F)cc3)CC2)c1OC.COc1cccc(C(=O)C2CCN(CCc3ccc(F)cc3)CC2)c1OC.COc1cccc(C(O)C2CCN(C(=O)Cc3ccc(F)cc3)CC2)c1OC.COc1cccc(C(O)C2CCN(CCc3ccc(F)cc3)CC2)c1OC. The van der Waals surface area contributed by atoms with Crippen LogP contribution in [-0.2, 0) is 35.3 Å². The number of para-hydroxylation sites is 4. The summed E-state index contributed by atoms with van der Waals surface area (Å²) in [6.45, 7) is 7.82. The fraction of sp³-hybridized carbons (Fsp3) is 0.435. The number of Topliss-reactive ketones (excluding diaryl/α,β-unsaturated/α-hetero) is 2. The largest absolute Gasteiger partial charge is 0.493 e. The van der Waals surface area contributed by atoms with Crippen LogP contribution in [0.4, 0.5) is 17.6 Å². The van der Waals surface area contributed by atoms with Crippen LogP contribution in [0.1, 0.15) is 147 Å². The van der Waals surface area contributed by atoms with Gasteiger partial charge in [0.05, 0.1) is 93.1 Å². The number of likely N-dealkylation sites (tertiary alicyclic amines) is 4. The van der Waals surface area contributed by atoms with Crippen molar-refractivity contribution in [2.24, 2.45) is 23.7 Å². The molecule has 620 valence electrons. The van der Waals surface area contributed by atoms with Crippen LogP contribution in [0.25, 0.3) is 0 Å². The van der Waals surface area contributed by atoms with E-state index >= 15 is 0 Å². The van der Waals surface area contributed by atoms with Crippen LogP contribution >= 0.6 is 0 Å².